The van der Waals surface area contributed by atoms with Gasteiger partial charge in [-0.1, -0.05) is 61.5 Å². The van der Waals surface area contributed by atoms with Gasteiger partial charge in [0.05, 0.1) is 5.25 Å². The van der Waals surface area contributed by atoms with Crippen molar-refractivity contribution in [1.82, 2.24) is 10.3 Å². The van der Waals surface area contributed by atoms with Crippen LogP contribution in [0.5, 0.6) is 0 Å². The number of H-pyrrole nitrogens is 1. The van der Waals surface area contributed by atoms with Gasteiger partial charge in [0.1, 0.15) is 5.70 Å². The third kappa shape index (κ3) is 7.61. The van der Waals surface area contributed by atoms with Crippen LogP contribution in [0.3, 0.4) is 0 Å². The lowest BCUT2D eigenvalue weighted by atomic mass is 10.1. The zero-order valence-corrected chi connectivity index (χ0v) is 24.7. The summed E-state index contributed by atoms with van der Waals surface area (Å²) < 4.78 is 0. The molecular weight excluding hydrogens is 556 g/mol. The molecule has 0 fully saturated rings. The van der Waals surface area contributed by atoms with E-state index in [0.29, 0.717) is 17.7 Å². The standard InChI is InChI=1S/C35H32N4O3S/c1-3-32(35(42)38-28-17-16-24-18-19-36-30(24)22-28)43-29-15-9-14-27(21-29)37-34(41)31(20-26-13-8-7-10-23(26)2)39-33(40)25-11-5-4-6-12-25/h4-22,32,36H,3H2,1-2H3,(H,37,41)(H,38,42)(H,39,40)/b31-20-. The molecule has 0 saturated heterocycles. The van der Waals surface area contributed by atoms with Crippen molar-refractivity contribution in [3.8, 4) is 0 Å². The highest BCUT2D eigenvalue weighted by Crippen LogP contribution is 2.29. The van der Waals surface area contributed by atoms with Crippen molar-refractivity contribution < 1.29 is 14.4 Å². The van der Waals surface area contributed by atoms with Crippen LogP contribution in [0.15, 0.2) is 120 Å². The Labute approximate surface area is 254 Å². The molecule has 0 bridgehead atoms. The van der Waals surface area contributed by atoms with Crippen LogP contribution in [-0.2, 0) is 9.59 Å². The highest BCUT2D eigenvalue weighted by atomic mass is 32.2. The summed E-state index contributed by atoms with van der Waals surface area (Å²) in [4.78, 5) is 43.6. The molecule has 7 nitrogen and oxygen atoms in total. The van der Waals surface area contributed by atoms with E-state index in [9.17, 15) is 14.4 Å². The number of hydrogen-bond donors (Lipinski definition) is 4. The van der Waals surface area contributed by atoms with Crippen LogP contribution in [-0.4, -0.2) is 28.0 Å². The highest BCUT2D eigenvalue weighted by molar-refractivity contribution is 8.00. The first kappa shape index (κ1) is 29.4. The number of anilines is 2. The number of aryl methyl sites for hydroxylation is 1. The Balaban J connectivity index is 1.30. The predicted molar refractivity (Wildman–Crippen MR) is 175 cm³/mol. The normalized spacial score (nSPS) is 12.0. The molecule has 1 atom stereocenters. The average Bonchev–Trinajstić information content (AvgIpc) is 3.49. The Bertz CT molecular complexity index is 1800. The van der Waals surface area contributed by atoms with Gasteiger partial charge in [0, 0.05) is 33.5 Å². The zero-order valence-electron chi connectivity index (χ0n) is 23.9. The monoisotopic (exact) mass is 588 g/mol. The van der Waals surface area contributed by atoms with Gasteiger partial charge in [-0.3, -0.25) is 14.4 Å². The first-order valence-corrected chi connectivity index (χ1v) is 14.9. The molecule has 1 heterocycles. The Morgan fingerprint density at radius 2 is 1.60 bits per heavy atom. The van der Waals surface area contributed by atoms with Gasteiger partial charge >= 0.3 is 0 Å². The third-order valence-electron chi connectivity index (χ3n) is 6.87. The van der Waals surface area contributed by atoms with Crippen LogP contribution in [0.25, 0.3) is 17.0 Å². The van der Waals surface area contributed by atoms with E-state index >= 15 is 0 Å². The van der Waals surface area contributed by atoms with Crippen molar-refractivity contribution >= 4 is 57.8 Å². The second kappa shape index (κ2) is 13.7. The number of amides is 3. The molecule has 4 N–H and O–H groups in total. The van der Waals surface area contributed by atoms with Crippen molar-refractivity contribution in [2.24, 2.45) is 0 Å². The average molecular weight is 589 g/mol. The molecule has 216 valence electrons. The van der Waals surface area contributed by atoms with Crippen LogP contribution >= 0.6 is 11.8 Å². The fraction of sp³-hybridized carbons (Fsp3) is 0.114. The fourth-order valence-electron chi connectivity index (χ4n) is 4.53. The van der Waals surface area contributed by atoms with Crippen LogP contribution in [0, 0.1) is 6.92 Å². The number of fused-ring (bicyclic) bond motifs is 1. The van der Waals surface area contributed by atoms with Crippen LogP contribution in [0.2, 0.25) is 0 Å². The van der Waals surface area contributed by atoms with E-state index in [2.05, 4.69) is 20.9 Å². The second-order valence-corrected chi connectivity index (χ2v) is 11.3. The molecule has 1 aromatic heterocycles. The number of carbonyl (C=O) groups is 3. The predicted octanol–water partition coefficient (Wildman–Crippen LogP) is 7.40. The van der Waals surface area contributed by atoms with Gasteiger partial charge in [-0.15, -0.1) is 11.8 Å². The molecule has 8 heteroatoms. The minimum atomic E-state index is -0.459. The Morgan fingerprint density at radius 1 is 0.837 bits per heavy atom. The molecule has 0 spiro atoms. The van der Waals surface area contributed by atoms with E-state index in [1.807, 2.05) is 92.8 Å². The number of aromatic amines is 1. The van der Waals surface area contributed by atoms with Crippen molar-refractivity contribution in [2.45, 2.75) is 30.4 Å². The Kier molecular flexibility index (Phi) is 9.39. The van der Waals surface area contributed by atoms with E-state index in [4.69, 9.17) is 0 Å². The van der Waals surface area contributed by atoms with E-state index < -0.39 is 5.91 Å². The van der Waals surface area contributed by atoms with Gasteiger partial charge in [-0.2, -0.15) is 0 Å². The molecule has 0 aliphatic heterocycles. The second-order valence-electron chi connectivity index (χ2n) is 10.0. The van der Waals surface area contributed by atoms with Crippen molar-refractivity contribution in [3.05, 3.63) is 132 Å². The smallest absolute Gasteiger partial charge is 0.272 e. The van der Waals surface area contributed by atoms with Crippen molar-refractivity contribution in [3.63, 3.8) is 0 Å². The van der Waals surface area contributed by atoms with E-state index in [-0.39, 0.29) is 22.8 Å². The highest BCUT2D eigenvalue weighted by Gasteiger charge is 2.20. The first-order valence-electron chi connectivity index (χ1n) is 14.0. The molecular formula is C35H32N4O3S. The SMILES string of the molecule is CCC(Sc1cccc(NC(=O)/C(=C/c2ccccc2C)NC(=O)c2ccccc2)c1)C(=O)Nc1ccc2cc[nH]c2c1. The van der Waals surface area contributed by atoms with Crippen molar-refractivity contribution in [2.75, 3.05) is 10.6 Å². The van der Waals surface area contributed by atoms with E-state index in [0.717, 1.165) is 32.6 Å². The molecule has 3 amide bonds. The lowest BCUT2D eigenvalue weighted by molar-refractivity contribution is -0.116. The van der Waals surface area contributed by atoms with Gasteiger partial charge in [-0.05, 0) is 84.5 Å². The summed E-state index contributed by atoms with van der Waals surface area (Å²) in [5, 5.41) is 9.45. The topological polar surface area (TPSA) is 103 Å². The minimum Gasteiger partial charge on any atom is -0.361 e. The van der Waals surface area contributed by atoms with Gasteiger partial charge < -0.3 is 20.9 Å². The lowest BCUT2D eigenvalue weighted by Gasteiger charge is -2.16. The van der Waals surface area contributed by atoms with E-state index in [1.54, 1.807) is 36.4 Å². The maximum Gasteiger partial charge on any atom is 0.272 e. The summed E-state index contributed by atoms with van der Waals surface area (Å²) in [6.07, 6.45) is 4.16. The summed E-state index contributed by atoms with van der Waals surface area (Å²) in [7, 11) is 0. The van der Waals surface area contributed by atoms with Crippen LogP contribution in [0.1, 0.15) is 34.8 Å². The maximum atomic E-state index is 13.5. The molecule has 0 aliphatic carbocycles. The first-order chi connectivity index (χ1) is 20.9. The molecule has 0 saturated carbocycles. The number of aromatic nitrogens is 1. The van der Waals surface area contributed by atoms with Gasteiger partial charge in [-0.25, -0.2) is 0 Å². The summed E-state index contributed by atoms with van der Waals surface area (Å²) in [6.45, 7) is 3.91. The third-order valence-corrected chi connectivity index (χ3v) is 8.23. The largest absolute Gasteiger partial charge is 0.361 e. The summed E-state index contributed by atoms with van der Waals surface area (Å²) in [5.74, 6) is -0.939. The number of hydrogen-bond acceptors (Lipinski definition) is 4. The number of carbonyl (C=O) groups excluding carboxylic acids is 3. The molecule has 5 aromatic rings. The lowest BCUT2D eigenvalue weighted by Crippen LogP contribution is -2.30. The molecule has 4 aromatic carbocycles. The zero-order chi connectivity index (χ0) is 30.2. The number of thioether (sulfide) groups is 1. The van der Waals surface area contributed by atoms with Gasteiger partial charge in [0.2, 0.25) is 5.91 Å². The molecule has 5 rings (SSSR count). The van der Waals surface area contributed by atoms with Crippen LogP contribution in [0.4, 0.5) is 11.4 Å². The summed E-state index contributed by atoms with van der Waals surface area (Å²) in [6, 6.07) is 31.5. The fourth-order valence-corrected chi connectivity index (χ4v) is 5.54. The maximum absolute atomic E-state index is 13.5. The molecule has 43 heavy (non-hydrogen) atoms. The Morgan fingerprint density at radius 3 is 2.40 bits per heavy atom. The molecule has 0 radical (unpaired) electrons. The number of nitrogens with one attached hydrogen (secondary N) is 4. The van der Waals surface area contributed by atoms with Gasteiger partial charge in [0.25, 0.3) is 11.8 Å². The summed E-state index contributed by atoms with van der Waals surface area (Å²) in [5.41, 5.74) is 4.58. The number of benzene rings is 4. The van der Waals surface area contributed by atoms with Crippen LogP contribution < -0.4 is 16.0 Å². The molecule has 0 aliphatic rings. The molecule has 1 unspecified atom stereocenters. The number of rotatable bonds is 10. The van der Waals surface area contributed by atoms with E-state index in [1.165, 1.54) is 11.8 Å². The Hall–Kier alpha value is -5.08. The van der Waals surface area contributed by atoms with Crippen molar-refractivity contribution in [1.29, 1.82) is 0 Å². The van der Waals surface area contributed by atoms with Gasteiger partial charge in [0.15, 0.2) is 0 Å². The summed E-state index contributed by atoms with van der Waals surface area (Å²) >= 11 is 1.43. The quantitative estimate of drug-likeness (QED) is 0.101. The minimum absolute atomic E-state index is 0.0973.